The van der Waals surface area contributed by atoms with Crippen LogP contribution in [0, 0.1) is 13.8 Å². The van der Waals surface area contributed by atoms with Gasteiger partial charge in [-0.1, -0.05) is 48.0 Å². The number of amides is 2. The van der Waals surface area contributed by atoms with E-state index in [0.717, 1.165) is 16.7 Å². The van der Waals surface area contributed by atoms with Crippen LogP contribution in [-0.4, -0.2) is 47.0 Å². The van der Waals surface area contributed by atoms with Crippen molar-refractivity contribution in [2.45, 2.75) is 38.8 Å². The molecule has 2 saturated heterocycles. The Balaban J connectivity index is 1.39. The highest BCUT2D eigenvalue weighted by Gasteiger charge is 2.47. The van der Waals surface area contributed by atoms with Crippen molar-refractivity contribution in [1.82, 2.24) is 9.80 Å². The van der Waals surface area contributed by atoms with Crippen LogP contribution in [0.4, 0.5) is 4.79 Å². The Morgan fingerprint density at radius 1 is 1.04 bits per heavy atom. The summed E-state index contributed by atoms with van der Waals surface area (Å²) < 4.78 is 5.80. The summed E-state index contributed by atoms with van der Waals surface area (Å²) >= 11 is 0. The Morgan fingerprint density at radius 3 is 2.39 bits per heavy atom. The number of rotatable bonds is 3. The van der Waals surface area contributed by atoms with Crippen LogP contribution in [0.15, 0.2) is 48.5 Å². The summed E-state index contributed by atoms with van der Waals surface area (Å²) in [6, 6.07) is 15.9. The van der Waals surface area contributed by atoms with Gasteiger partial charge < -0.3 is 9.64 Å². The molecule has 1 spiro atoms. The number of ether oxygens (including phenoxy) is 1. The Labute approximate surface area is 165 Å². The summed E-state index contributed by atoms with van der Waals surface area (Å²) in [4.78, 5) is 28.9. The van der Waals surface area contributed by atoms with Crippen LogP contribution in [0.1, 0.15) is 39.9 Å². The van der Waals surface area contributed by atoms with Gasteiger partial charge in [-0.3, -0.25) is 9.69 Å². The number of piperidine rings is 1. The molecule has 0 N–H and O–H groups in total. The molecule has 2 aromatic rings. The number of nitrogens with zero attached hydrogens (tertiary/aromatic N) is 2. The van der Waals surface area contributed by atoms with E-state index in [2.05, 4.69) is 31.2 Å². The van der Waals surface area contributed by atoms with E-state index in [9.17, 15) is 9.59 Å². The number of likely N-dealkylation sites (tertiary alicyclic amines) is 1. The molecule has 2 aliphatic heterocycles. The Bertz CT molecular complexity index is 883. The number of hydrogen-bond donors (Lipinski definition) is 0. The first-order valence-electron chi connectivity index (χ1n) is 9.84. The first-order valence-corrected chi connectivity index (χ1v) is 9.84. The Kier molecular flexibility index (Phi) is 4.84. The van der Waals surface area contributed by atoms with E-state index in [1.807, 2.05) is 36.1 Å². The highest BCUT2D eigenvalue weighted by atomic mass is 16.6. The lowest BCUT2D eigenvalue weighted by atomic mass is 9.90. The molecular weight excluding hydrogens is 352 g/mol. The van der Waals surface area contributed by atoms with Gasteiger partial charge in [0.05, 0.1) is 6.54 Å². The minimum absolute atomic E-state index is 0.0637. The monoisotopic (exact) mass is 378 g/mol. The summed E-state index contributed by atoms with van der Waals surface area (Å²) in [6.07, 6.45) is 1.11. The van der Waals surface area contributed by atoms with Gasteiger partial charge in [0, 0.05) is 38.0 Å². The average Bonchev–Trinajstić information content (AvgIpc) is 2.99. The Morgan fingerprint density at radius 2 is 1.71 bits per heavy atom. The van der Waals surface area contributed by atoms with E-state index in [0.29, 0.717) is 39.0 Å². The van der Waals surface area contributed by atoms with Gasteiger partial charge in [-0.15, -0.1) is 0 Å². The lowest BCUT2D eigenvalue weighted by molar-refractivity contribution is 0.00311. The number of benzene rings is 2. The second-order valence-electron chi connectivity index (χ2n) is 8.00. The van der Waals surface area contributed by atoms with Crippen LogP contribution in [0.25, 0.3) is 0 Å². The fourth-order valence-electron chi connectivity index (χ4n) is 4.09. The van der Waals surface area contributed by atoms with Crippen molar-refractivity contribution >= 4 is 12.0 Å². The number of hydrogen-bond acceptors (Lipinski definition) is 3. The van der Waals surface area contributed by atoms with Crippen LogP contribution in [0.2, 0.25) is 0 Å². The molecule has 5 heteroatoms. The topological polar surface area (TPSA) is 49.9 Å². The molecule has 0 atom stereocenters. The zero-order valence-electron chi connectivity index (χ0n) is 16.5. The summed E-state index contributed by atoms with van der Waals surface area (Å²) in [5.41, 5.74) is 3.58. The summed E-state index contributed by atoms with van der Waals surface area (Å²) in [5.74, 6) is 0.0637. The first kappa shape index (κ1) is 18.5. The van der Waals surface area contributed by atoms with Gasteiger partial charge >= 0.3 is 6.09 Å². The van der Waals surface area contributed by atoms with Gasteiger partial charge in [0.25, 0.3) is 5.91 Å². The van der Waals surface area contributed by atoms with Crippen molar-refractivity contribution in [3.63, 3.8) is 0 Å². The molecule has 2 fully saturated rings. The molecule has 5 nitrogen and oxygen atoms in total. The van der Waals surface area contributed by atoms with Crippen molar-refractivity contribution in [3.8, 4) is 0 Å². The molecule has 28 heavy (non-hydrogen) atoms. The van der Waals surface area contributed by atoms with Crippen molar-refractivity contribution in [2.24, 2.45) is 0 Å². The maximum atomic E-state index is 12.8. The third-order valence-corrected chi connectivity index (χ3v) is 5.87. The van der Waals surface area contributed by atoms with Gasteiger partial charge in [0.15, 0.2) is 0 Å². The predicted octanol–water partition coefficient (Wildman–Crippen LogP) is 3.93. The smallest absolute Gasteiger partial charge is 0.410 e. The third-order valence-electron chi connectivity index (χ3n) is 5.87. The van der Waals surface area contributed by atoms with E-state index >= 15 is 0 Å². The van der Waals surface area contributed by atoms with Crippen molar-refractivity contribution < 1.29 is 14.3 Å². The molecule has 4 rings (SSSR count). The molecule has 2 aliphatic rings. The SMILES string of the molecule is Cc1ccc(CN2CC3(CCN(C(=O)c4ccccc4C)CC3)OC2=O)cc1. The van der Waals surface area contributed by atoms with E-state index in [-0.39, 0.29) is 12.0 Å². The fraction of sp³-hybridized carbons (Fsp3) is 0.391. The fourth-order valence-corrected chi connectivity index (χ4v) is 4.09. The molecule has 0 saturated carbocycles. The third kappa shape index (κ3) is 3.61. The number of carbonyl (C=O) groups is 2. The largest absolute Gasteiger partial charge is 0.441 e. The van der Waals surface area contributed by atoms with Crippen LogP contribution < -0.4 is 0 Å². The average molecular weight is 378 g/mol. The van der Waals surface area contributed by atoms with Gasteiger partial charge in [-0.25, -0.2) is 4.79 Å². The first-order chi connectivity index (χ1) is 13.5. The summed E-state index contributed by atoms with van der Waals surface area (Å²) in [5, 5.41) is 0. The van der Waals surface area contributed by atoms with Crippen LogP contribution in [-0.2, 0) is 11.3 Å². The highest BCUT2D eigenvalue weighted by molar-refractivity contribution is 5.95. The Hall–Kier alpha value is -2.82. The van der Waals surface area contributed by atoms with Crippen molar-refractivity contribution in [3.05, 3.63) is 70.8 Å². The van der Waals surface area contributed by atoms with E-state index in [1.54, 1.807) is 4.90 Å². The number of aryl methyl sites for hydroxylation is 2. The second kappa shape index (κ2) is 7.30. The molecule has 2 heterocycles. The summed E-state index contributed by atoms with van der Waals surface area (Å²) in [6.45, 7) is 6.38. The molecule has 146 valence electrons. The molecular formula is C23H26N2O3. The van der Waals surface area contributed by atoms with Gasteiger partial charge in [-0.05, 0) is 31.0 Å². The molecule has 0 unspecified atom stereocenters. The number of carbonyl (C=O) groups excluding carboxylic acids is 2. The highest BCUT2D eigenvalue weighted by Crippen LogP contribution is 2.34. The zero-order chi connectivity index (χ0) is 19.7. The normalized spacial score (nSPS) is 18.4. The second-order valence-corrected chi connectivity index (χ2v) is 8.00. The zero-order valence-corrected chi connectivity index (χ0v) is 16.5. The molecule has 0 aliphatic carbocycles. The molecule has 2 amide bonds. The quantitative estimate of drug-likeness (QED) is 0.813. The molecule has 0 aromatic heterocycles. The molecule has 2 aromatic carbocycles. The lowest BCUT2D eigenvalue weighted by Crippen LogP contribution is -2.48. The van der Waals surface area contributed by atoms with E-state index in [1.165, 1.54) is 5.56 Å². The molecule has 0 bridgehead atoms. The van der Waals surface area contributed by atoms with E-state index < -0.39 is 5.60 Å². The minimum Gasteiger partial charge on any atom is -0.441 e. The van der Waals surface area contributed by atoms with Crippen molar-refractivity contribution in [2.75, 3.05) is 19.6 Å². The minimum atomic E-state index is -0.468. The molecule has 0 radical (unpaired) electrons. The summed E-state index contributed by atoms with van der Waals surface area (Å²) in [7, 11) is 0. The van der Waals surface area contributed by atoms with E-state index in [4.69, 9.17) is 4.74 Å². The van der Waals surface area contributed by atoms with Crippen LogP contribution in [0.5, 0.6) is 0 Å². The van der Waals surface area contributed by atoms with Gasteiger partial charge in [-0.2, -0.15) is 0 Å². The standard InChI is InChI=1S/C23H26N2O3/c1-17-7-9-19(10-8-17)15-25-16-23(28-22(25)27)11-13-24(14-12-23)21(26)20-6-4-3-5-18(20)2/h3-10H,11-16H2,1-2H3. The van der Waals surface area contributed by atoms with Crippen molar-refractivity contribution in [1.29, 1.82) is 0 Å². The van der Waals surface area contributed by atoms with Crippen LogP contribution >= 0.6 is 0 Å². The van der Waals surface area contributed by atoms with Gasteiger partial charge in [0.2, 0.25) is 0 Å². The maximum absolute atomic E-state index is 12.8. The van der Waals surface area contributed by atoms with Gasteiger partial charge in [0.1, 0.15) is 5.60 Å². The van der Waals surface area contributed by atoms with Crippen LogP contribution in [0.3, 0.4) is 0 Å². The predicted molar refractivity (Wildman–Crippen MR) is 107 cm³/mol. The lowest BCUT2D eigenvalue weighted by Gasteiger charge is -2.37. The maximum Gasteiger partial charge on any atom is 0.410 e.